The van der Waals surface area contributed by atoms with Crippen molar-refractivity contribution in [1.29, 1.82) is 0 Å². The Labute approximate surface area is 194 Å². The number of nitrogens with one attached hydrogen (secondary N) is 2. The summed E-state index contributed by atoms with van der Waals surface area (Å²) in [5.74, 6) is 0.803. The number of likely N-dealkylation sites (N-methyl/N-ethyl adjacent to an activating group) is 1. The molecular formula is C25H31N5O3. The van der Waals surface area contributed by atoms with Gasteiger partial charge in [0.15, 0.2) is 0 Å². The number of hydrogen-bond donors (Lipinski definition) is 2. The third kappa shape index (κ3) is 6.35. The summed E-state index contributed by atoms with van der Waals surface area (Å²) in [6.45, 7) is 7.85. The number of nitrogens with zero attached hydrogens (tertiary/aromatic N) is 3. The minimum atomic E-state index is -0.391. The molecule has 3 rings (SSSR count). The van der Waals surface area contributed by atoms with E-state index in [1.165, 1.54) is 4.90 Å². The Kier molecular flexibility index (Phi) is 7.37. The van der Waals surface area contributed by atoms with Crippen LogP contribution in [0.1, 0.15) is 27.7 Å². The zero-order valence-electron chi connectivity index (χ0n) is 19.8. The van der Waals surface area contributed by atoms with Gasteiger partial charge in [-0.2, -0.15) is 0 Å². The van der Waals surface area contributed by atoms with Crippen LogP contribution in [0, 0.1) is 0 Å². The second kappa shape index (κ2) is 10.2. The van der Waals surface area contributed by atoms with Crippen molar-refractivity contribution in [2.45, 2.75) is 33.2 Å². The molecule has 3 amide bonds. The summed E-state index contributed by atoms with van der Waals surface area (Å²) in [6, 6.07) is 16.9. The van der Waals surface area contributed by atoms with Crippen molar-refractivity contribution in [2.24, 2.45) is 0 Å². The van der Waals surface area contributed by atoms with Crippen molar-refractivity contribution in [1.82, 2.24) is 19.8 Å². The van der Waals surface area contributed by atoms with Crippen molar-refractivity contribution >= 4 is 17.9 Å². The number of anilines is 1. The van der Waals surface area contributed by atoms with Gasteiger partial charge in [0, 0.05) is 29.5 Å². The molecule has 1 heterocycles. The van der Waals surface area contributed by atoms with Gasteiger partial charge >= 0.3 is 6.03 Å². The predicted molar refractivity (Wildman–Crippen MR) is 130 cm³/mol. The minimum absolute atomic E-state index is 0.0854. The molecule has 0 aliphatic rings. The molecule has 0 spiro atoms. The zero-order chi connectivity index (χ0) is 24.0. The number of ether oxygens (including phenoxy) is 1. The van der Waals surface area contributed by atoms with E-state index in [4.69, 9.17) is 4.74 Å². The standard InChI is InChI=1S/C25H31N5O3/c1-6-29(24(32)28-25(2,3)4)17-22(31)27-23-26-21(18-12-14-20(33-5)15-13-18)16-30(23)19-10-8-7-9-11-19/h7-16H,6,17H2,1-5H3,(H,28,32)(H,26,27,31). The molecular weight excluding hydrogens is 418 g/mol. The van der Waals surface area contributed by atoms with Crippen molar-refractivity contribution in [2.75, 3.05) is 25.5 Å². The molecule has 0 bridgehead atoms. The maximum atomic E-state index is 12.9. The molecule has 0 saturated heterocycles. The van der Waals surface area contributed by atoms with Crippen LogP contribution in [0.3, 0.4) is 0 Å². The molecule has 174 valence electrons. The summed E-state index contributed by atoms with van der Waals surface area (Å²) in [5, 5.41) is 5.76. The fourth-order valence-corrected chi connectivity index (χ4v) is 3.22. The van der Waals surface area contributed by atoms with Crippen molar-refractivity contribution in [3.8, 4) is 22.7 Å². The number of imidazole rings is 1. The topological polar surface area (TPSA) is 88.5 Å². The number of rotatable bonds is 7. The summed E-state index contributed by atoms with van der Waals surface area (Å²) in [4.78, 5) is 31.5. The molecule has 2 aromatic carbocycles. The van der Waals surface area contributed by atoms with E-state index in [9.17, 15) is 9.59 Å². The SMILES string of the molecule is CCN(CC(=O)Nc1nc(-c2ccc(OC)cc2)cn1-c1ccccc1)C(=O)NC(C)(C)C. The number of para-hydroxylation sites is 1. The maximum Gasteiger partial charge on any atom is 0.318 e. The summed E-state index contributed by atoms with van der Waals surface area (Å²) in [5.41, 5.74) is 2.06. The molecule has 0 fully saturated rings. The van der Waals surface area contributed by atoms with Gasteiger partial charge in [-0.1, -0.05) is 18.2 Å². The number of carbonyl (C=O) groups excluding carboxylic acids is 2. The predicted octanol–water partition coefficient (Wildman–Crippen LogP) is 4.32. The Bertz CT molecular complexity index is 1090. The number of methoxy groups -OCH3 is 1. The molecule has 0 unspecified atom stereocenters. The number of amides is 3. The number of urea groups is 1. The third-order valence-electron chi connectivity index (χ3n) is 4.86. The number of aromatic nitrogens is 2. The Morgan fingerprint density at radius 3 is 2.30 bits per heavy atom. The summed E-state index contributed by atoms with van der Waals surface area (Å²) in [7, 11) is 1.62. The lowest BCUT2D eigenvalue weighted by Crippen LogP contribution is -2.50. The zero-order valence-corrected chi connectivity index (χ0v) is 19.8. The normalized spacial score (nSPS) is 11.1. The average molecular weight is 450 g/mol. The summed E-state index contributed by atoms with van der Waals surface area (Å²) >= 11 is 0. The first-order valence-corrected chi connectivity index (χ1v) is 10.9. The average Bonchev–Trinajstić information content (AvgIpc) is 3.20. The Balaban J connectivity index is 1.85. The van der Waals surface area contributed by atoms with Crippen LogP contribution < -0.4 is 15.4 Å². The van der Waals surface area contributed by atoms with Crippen LogP contribution in [0.5, 0.6) is 5.75 Å². The number of hydrogen-bond acceptors (Lipinski definition) is 4. The van der Waals surface area contributed by atoms with Gasteiger partial charge < -0.3 is 15.0 Å². The largest absolute Gasteiger partial charge is 0.497 e. The molecule has 0 radical (unpaired) electrons. The molecule has 0 aliphatic carbocycles. The van der Waals surface area contributed by atoms with E-state index in [0.717, 1.165) is 17.0 Å². The minimum Gasteiger partial charge on any atom is -0.497 e. The molecule has 0 aliphatic heterocycles. The smallest absolute Gasteiger partial charge is 0.318 e. The van der Waals surface area contributed by atoms with Gasteiger partial charge in [-0.15, -0.1) is 0 Å². The van der Waals surface area contributed by atoms with Crippen LogP contribution in [0.15, 0.2) is 60.8 Å². The molecule has 0 saturated carbocycles. The Morgan fingerprint density at radius 2 is 1.73 bits per heavy atom. The highest BCUT2D eigenvalue weighted by Crippen LogP contribution is 2.26. The highest BCUT2D eigenvalue weighted by molar-refractivity contribution is 5.93. The lowest BCUT2D eigenvalue weighted by molar-refractivity contribution is -0.116. The van der Waals surface area contributed by atoms with Gasteiger partial charge in [-0.3, -0.25) is 14.7 Å². The van der Waals surface area contributed by atoms with Gasteiger partial charge in [0.25, 0.3) is 0 Å². The van der Waals surface area contributed by atoms with Crippen LogP contribution >= 0.6 is 0 Å². The van der Waals surface area contributed by atoms with Gasteiger partial charge in [0.1, 0.15) is 12.3 Å². The molecule has 33 heavy (non-hydrogen) atoms. The van der Waals surface area contributed by atoms with E-state index in [0.29, 0.717) is 18.2 Å². The Hall–Kier alpha value is -3.81. The van der Waals surface area contributed by atoms with E-state index in [1.807, 2.05) is 93.1 Å². The highest BCUT2D eigenvalue weighted by atomic mass is 16.5. The van der Waals surface area contributed by atoms with E-state index in [1.54, 1.807) is 7.11 Å². The van der Waals surface area contributed by atoms with Gasteiger partial charge in [-0.25, -0.2) is 9.78 Å². The van der Waals surface area contributed by atoms with E-state index < -0.39 is 5.54 Å². The van der Waals surface area contributed by atoms with E-state index >= 15 is 0 Å². The maximum absolute atomic E-state index is 12.9. The van der Waals surface area contributed by atoms with Gasteiger partial charge in [0.05, 0.1) is 12.8 Å². The molecule has 1 aromatic heterocycles. The van der Waals surface area contributed by atoms with Crippen molar-refractivity contribution in [3.05, 3.63) is 60.8 Å². The van der Waals surface area contributed by atoms with Crippen LogP contribution in [0.2, 0.25) is 0 Å². The van der Waals surface area contributed by atoms with Crippen LogP contribution in [0.4, 0.5) is 10.7 Å². The van der Waals surface area contributed by atoms with Gasteiger partial charge in [-0.05, 0) is 64.1 Å². The lowest BCUT2D eigenvalue weighted by atomic mass is 10.1. The first-order chi connectivity index (χ1) is 15.7. The quantitative estimate of drug-likeness (QED) is 0.562. The second-order valence-corrected chi connectivity index (χ2v) is 8.63. The van der Waals surface area contributed by atoms with E-state index in [2.05, 4.69) is 15.6 Å². The van der Waals surface area contributed by atoms with Crippen molar-refractivity contribution < 1.29 is 14.3 Å². The van der Waals surface area contributed by atoms with E-state index in [-0.39, 0.29) is 18.5 Å². The Morgan fingerprint density at radius 1 is 1.06 bits per heavy atom. The lowest BCUT2D eigenvalue weighted by Gasteiger charge is -2.27. The van der Waals surface area contributed by atoms with Crippen molar-refractivity contribution in [3.63, 3.8) is 0 Å². The number of benzene rings is 2. The van der Waals surface area contributed by atoms with Crippen LogP contribution in [-0.2, 0) is 4.79 Å². The highest BCUT2D eigenvalue weighted by Gasteiger charge is 2.22. The molecule has 2 N–H and O–H groups in total. The molecule has 0 atom stereocenters. The molecule has 8 nitrogen and oxygen atoms in total. The fraction of sp³-hybridized carbons (Fsp3) is 0.320. The molecule has 8 heteroatoms. The monoisotopic (exact) mass is 449 g/mol. The molecule has 3 aromatic rings. The first-order valence-electron chi connectivity index (χ1n) is 10.9. The summed E-state index contributed by atoms with van der Waals surface area (Å²) < 4.78 is 7.06. The second-order valence-electron chi connectivity index (χ2n) is 8.63. The summed E-state index contributed by atoms with van der Waals surface area (Å²) in [6.07, 6.45) is 1.87. The third-order valence-corrected chi connectivity index (χ3v) is 4.86. The van der Waals surface area contributed by atoms with Crippen LogP contribution in [-0.4, -0.2) is 52.1 Å². The first kappa shape index (κ1) is 23.8. The van der Waals surface area contributed by atoms with Gasteiger partial charge in [0.2, 0.25) is 11.9 Å². The fourth-order valence-electron chi connectivity index (χ4n) is 3.22. The number of carbonyl (C=O) groups is 2. The van der Waals surface area contributed by atoms with Crippen LogP contribution in [0.25, 0.3) is 16.9 Å².